The Kier molecular flexibility index (Phi) is 3.24. The molecule has 0 aromatic heterocycles. The van der Waals surface area contributed by atoms with Crippen molar-refractivity contribution in [2.24, 2.45) is 0 Å². The fraction of sp³-hybridized carbons (Fsp3) is 0.455. The van der Waals surface area contributed by atoms with E-state index < -0.39 is 10.0 Å². The van der Waals surface area contributed by atoms with Gasteiger partial charge in [0.05, 0.1) is 4.90 Å². The molecule has 2 rings (SSSR count). The van der Waals surface area contributed by atoms with Crippen LogP contribution in [0, 0.1) is 6.92 Å². The van der Waals surface area contributed by atoms with Crippen LogP contribution in [0.2, 0.25) is 0 Å². The molecule has 5 heteroatoms. The molecule has 1 aromatic carbocycles. The Morgan fingerprint density at radius 1 is 1.25 bits per heavy atom. The van der Waals surface area contributed by atoms with Gasteiger partial charge in [0.15, 0.2) is 0 Å². The van der Waals surface area contributed by atoms with E-state index >= 15 is 0 Å². The Morgan fingerprint density at radius 3 is 2.25 bits per heavy atom. The van der Waals surface area contributed by atoms with Crippen LogP contribution >= 0.6 is 11.8 Å². The van der Waals surface area contributed by atoms with Crippen molar-refractivity contribution in [3.63, 3.8) is 0 Å². The lowest BCUT2D eigenvalue weighted by molar-refractivity contribution is 0.303. The van der Waals surface area contributed by atoms with E-state index in [9.17, 15) is 8.42 Å². The van der Waals surface area contributed by atoms with Crippen molar-refractivity contribution in [3.8, 4) is 0 Å². The van der Waals surface area contributed by atoms with Crippen molar-refractivity contribution >= 4 is 21.8 Å². The van der Waals surface area contributed by atoms with E-state index in [1.54, 1.807) is 24.3 Å². The van der Waals surface area contributed by atoms with Crippen LogP contribution < -0.4 is 0 Å². The Hall–Kier alpha value is -0.580. The molecule has 1 fully saturated rings. The minimum atomic E-state index is -3.52. The summed E-state index contributed by atoms with van der Waals surface area (Å²) in [7, 11) is -3.52. The highest BCUT2D eigenvalue weighted by Gasteiger charge is 2.33. The molecule has 0 saturated heterocycles. The van der Waals surface area contributed by atoms with Gasteiger partial charge in [-0.15, -0.1) is 3.82 Å². The molecule has 0 N–H and O–H groups in total. The average molecular weight is 260 g/mol. The Bertz CT molecular complexity index is 465. The lowest BCUT2D eigenvalue weighted by Gasteiger charge is -2.31. The zero-order valence-corrected chi connectivity index (χ0v) is 10.6. The zero-order valence-electron chi connectivity index (χ0n) is 9.06. The highest BCUT2D eigenvalue weighted by molar-refractivity contribution is 7.90. The number of hydrogen-bond donors (Lipinski definition) is 0. The zero-order chi connectivity index (χ0) is 11.8. The third kappa shape index (κ3) is 2.10. The SMILES string of the molecule is Cc1ccc(S(=O)(=O)N(Cl)C2CCC2)cc1. The number of benzene rings is 1. The number of hydrogen-bond acceptors (Lipinski definition) is 2. The molecule has 0 radical (unpaired) electrons. The molecule has 1 aliphatic carbocycles. The standard InChI is InChI=1S/C11H14ClNO2S/c1-9-5-7-11(8-6-9)16(14,15)13(12)10-3-2-4-10/h5-8,10H,2-4H2,1H3. The van der Waals surface area contributed by atoms with Crippen LogP contribution in [0.4, 0.5) is 0 Å². The van der Waals surface area contributed by atoms with Gasteiger partial charge < -0.3 is 0 Å². The molecule has 0 bridgehead atoms. The van der Waals surface area contributed by atoms with Gasteiger partial charge in [-0.05, 0) is 43.7 Å². The van der Waals surface area contributed by atoms with Gasteiger partial charge in [-0.2, -0.15) is 0 Å². The van der Waals surface area contributed by atoms with E-state index in [0.717, 1.165) is 28.7 Å². The average Bonchev–Trinajstić information content (AvgIpc) is 2.15. The van der Waals surface area contributed by atoms with Gasteiger partial charge in [0.1, 0.15) is 0 Å². The van der Waals surface area contributed by atoms with Gasteiger partial charge in [-0.3, -0.25) is 0 Å². The first-order valence-corrected chi connectivity index (χ1v) is 7.06. The third-order valence-corrected chi connectivity index (χ3v) is 5.36. The first-order valence-electron chi connectivity index (χ1n) is 5.29. The van der Waals surface area contributed by atoms with Crippen LogP contribution in [0.15, 0.2) is 29.2 Å². The van der Waals surface area contributed by atoms with Crippen LogP contribution in [0.25, 0.3) is 0 Å². The third-order valence-electron chi connectivity index (χ3n) is 2.91. The van der Waals surface area contributed by atoms with Crippen molar-refractivity contribution < 1.29 is 8.42 Å². The predicted octanol–water partition coefficient (Wildman–Crippen LogP) is 2.69. The quantitative estimate of drug-likeness (QED) is 0.783. The molecule has 0 unspecified atom stereocenters. The minimum Gasteiger partial charge on any atom is -0.206 e. The number of rotatable bonds is 3. The summed E-state index contributed by atoms with van der Waals surface area (Å²) in [4.78, 5) is 0.264. The largest absolute Gasteiger partial charge is 0.256 e. The van der Waals surface area contributed by atoms with Crippen molar-refractivity contribution in [1.82, 2.24) is 3.82 Å². The van der Waals surface area contributed by atoms with Gasteiger partial charge in [0.2, 0.25) is 0 Å². The van der Waals surface area contributed by atoms with Crippen LogP contribution in [0.1, 0.15) is 24.8 Å². The molecule has 1 saturated carbocycles. The van der Waals surface area contributed by atoms with Gasteiger partial charge >= 0.3 is 0 Å². The lowest BCUT2D eigenvalue weighted by Crippen LogP contribution is -2.37. The molecule has 0 heterocycles. The minimum absolute atomic E-state index is 0.0343. The first-order chi connectivity index (χ1) is 7.51. The maximum absolute atomic E-state index is 12.1. The second-order valence-electron chi connectivity index (χ2n) is 4.14. The van der Waals surface area contributed by atoms with Gasteiger partial charge in [-0.1, -0.05) is 24.1 Å². The van der Waals surface area contributed by atoms with Crippen LogP contribution in [0.3, 0.4) is 0 Å². The maximum Gasteiger partial charge on any atom is 0.256 e. The second-order valence-corrected chi connectivity index (χ2v) is 6.52. The van der Waals surface area contributed by atoms with E-state index in [1.807, 2.05) is 6.92 Å². The highest BCUT2D eigenvalue weighted by Crippen LogP contribution is 2.31. The molecule has 1 aliphatic rings. The van der Waals surface area contributed by atoms with E-state index in [2.05, 4.69) is 0 Å². The van der Waals surface area contributed by atoms with Gasteiger partial charge in [0, 0.05) is 6.04 Å². The number of aryl methyl sites for hydroxylation is 1. The second kappa shape index (κ2) is 4.35. The maximum atomic E-state index is 12.1. The molecule has 0 spiro atoms. The van der Waals surface area contributed by atoms with Crippen LogP contribution in [-0.2, 0) is 10.0 Å². The summed E-state index contributed by atoms with van der Waals surface area (Å²) in [6.07, 6.45) is 2.76. The fourth-order valence-electron chi connectivity index (χ4n) is 1.60. The molecule has 0 amide bonds. The van der Waals surface area contributed by atoms with Crippen molar-refractivity contribution in [3.05, 3.63) is 29.8 Å². The number of sulfonamides is 1. The molecular weight excluding hydrogens is 246 g/mol. The van der Waals surface area contributed by atoms with Crippen LogP contribution in [0.5, 0.6) is 0 Å². The Morgan fingerprint density at radius 2 is 1.81 bits per heavy atom. The lowest BCUT2D eigenvalue weighted by atomic mass is 9.94. The van der Waals surface area contributed by atoms with Gasteiger partial charge in [-0.25, -0.2) is 8.42 Å². The summed E-state index contributed by atoms with van der Waals surface area (Å²) in [5.41, 5.74) is 1.03. The van der Waals surface area contributed by atoms with E-state index in [4.69, 9.17) is 11.8 Å². The van der Waals surface area contributed by atoms with Crippen molar-refractivity contribution in [1.29, 1.82) is 0 Å². The van der Waals surface area contributed by atoms with Gasteiger partial charge in [0.25, 0.3) is 10.0 Å². The highest BCUT2D eigenvalue weighted by atomic mass is 35.5. The summed E-state index contributed by atoms with van der Waals surface area (Å²) < 4.78 is 25.1. The normalized spacial score (nSPS) is 17.4. The number of halogens is 1. The monoisotopic (exact) mass is 259 g/mol. The van der Waals surface area contributed by atoms with E-state index in [0.29, 0.717) is 0 Å². The molecule has 0 atom stereocenters. The summed E-state index contributed by atoms with van der Waals surface area (Å²) in [5.74, 6) is 0. The smallest absolute Gasteiger partial charge is 0.206 e. The number of nitrogens with zero attached hydrogens (tertiary/aromatic N) is 1. The molecule has 3 nitrogen and oxygen atoms in total. The summed E-state index contributed by atoms with van der Waals surface area (Å²) >= 11 is 5.89. The van der Waals surface area contributed by atoms with Crippen LogP contribution in [-0.4, -0.2) is 18.3 Å². The molecule has 0 aliphatic heterocycles. The topological polar surface area (TPSA) is 37.4 Å². The molecule has 88 valence electrons. The summed E-state index contributed by atoms with van der Waals surface area (Å²) in [6.45, 7) is 1.92. The predicted molar refractivity (Wildman–Crippen MR) is 63.7 cm³/mol. The Balaban J connectivity index is 2.27. The van der Waals surface area contributed by atoms with Crippen molar-refractivity contribution in [2.75, 3.05) is 0 Å². The Labute approximate surface area is 101 Å². The summed E-state index contributed by atoms with van der Waals surface area (Å²) in [6, 6.07) is 6.71. The molecule has 1 aromatic rings. The first kappa shape index (κ1) is 11.9. The van der Waals surface area contributed by atoms with E-state index in [1.165, 1.54) is 0 Å². The van der Waals surface area contributed by atoms with E-state index in [-0.39, 0.29) is 10.9 Å². The fourth-order valence-corrected chi connectivity index (χ4v) is 3.32. The molecular formula is C11H14ClNO2S. The molecule has 16 heavy (non-hydrogen) atoms. The van der Waals surface area contributed by atoms with Crippen molar-refractivity contribution in [2.45, 2.75) is 37.1 Å². The summed E-state index contributed by atoms with van der Waals surface area (Å²) in [5, 5.41) is 0.